The van der Waals surface area contributed by atoms with E-state index in [4.69, 9.17) is 4.74 Å². The van der Waals surface area contributed by atoms with Gasteiger partial charge in [0.25, 0.3) is 0 Å². The van der Waals surface area contributed by atoms with Crippen LogP contribution in [0.2, 0.25) is 0 Å². The lowest BCUT2D eigenvalue weighted by molar-refractivity contribution is 0.0543. The largest absolute Gasteiger partial charge is 0.377 e. The van der Waals surface area contributed by atoms with E-state index in [9.17, 15) is 0 Å². The molecule has 0 aliphatic carbocycles. The van der Waals surface area contributed by atoms with Gasteiger partial charge < -0.3 is 15.0 Å². The van der Waals surface area contributed by atoms with Crippen LogP contribution in [0.3, 0.4) is 0 Å². The monoisotopic (exact) mass is 230 g/mol. The van der Waals surface area contributed by atoms with E-state index in [1.165, 1.54) is 0 Å². The summed E-state index contributed by atoms with van der Waals surface area (Å²) in [5.41, 5.74) is 0.279. The Labute approximate surface area is 102 Å². The second kappa shape index (κ2) is 7.25. The van der Waals surface area contributed by atoms with E-state index in [2.05, 4.69) is 51.9 Å². The summed E-state index contributed by atoms with van der Waals surface area (Å²) in [6.45, 7) is 13.9. The third kappa shape index (κ3) is 6.46. The second-order valence-corrected chi connectivity index (χ2v) is 5.66. The molecule has 16 heavy (non-hydrogen) atoms. The topological polar surface area (TPSA) is 24.5 Å². The molecule has 0 aliphatic heterocycles. The zero-order valence-corrected chi connectivity index (χ0v) is 12.1. The zero-order chi connectivity index (χ0) is 12.8. The summed E-state index contributed by atoms with van der Waals surface area (Å²) in [5, 5.41) is 3.33. The van der Waals surface area contributed by atoms with Gasteiger partial charge in [0.05, 0.1) is 12.7 Å². The van der Waals surface area contributed by atoms with E-state index in [0.29, 0.717) is 12.1 Å². The number of likely N-dealkylation sites (N-methyl/N-ethyl adjacent to an activating group) is 1. The Morgan fingerprint density at radius 3 is 2.25 bits per heavy atom. The molecular formula is C13H30N2O. The summed E-state index contributed by atoms with van der Waals surface area (Å²) in [5.74, 6) is 0. The van der Waals surface area contributed by atoms with E-state index >= 15 is 0 Å². The maximum atomic E-state index is 5.56. The Kier molecular flexibility index (Phi) is 7.20. The molecule has 98 valence electrons. The molecule has 0 spiro atoms. The number of hydrogen-bond donors (Lipinski definition) is 1. The Hall–Kier alpha value is -0.120. The fourth-order valence-corrected chi connectivity index (χ4v) is 1.75. The summed E-state index contributed by atoms with van der Waals surface area (Å²) >= 11 is 0. The van der Waals surface area contributed by atoms with Crippen LogP contribution >= 0.6 is 0 Å². The van der Waals surface area contributed by atoms with Crippen LogP contribution in [-0.2, 0) is 4.74 Å². The lowest BCUT2D eigenvalue weighted by Crippen LogP contribution is -2.45. The first kappa shape index (κ1) is 15.9. The van der Waals surface area contributed by atoms with Gasteiger partial charge in [-0.15, -0.1) is 0 Å². The molecule has 1 unspecified atom stereocenters. The molecule has 0 saturated carbocycles. The van der Waals surface area contributed by atoms with E-state index in [1.807, 2.05) is 7.05 Å². The van der Waals surface area contributed by atoms with Gasteiger partial charge in [-0.1, -0.05) is 13.8 Å². The summed E-state index contributed by atoms with van der Waals surface area (Å²) in [6, 6.07) is 0.515. The molecule has 0 saturated heterocycles. The van der Waals surface area contributed by atoms with Crippen LogP contribution in [0, 0.1) is 5.41 Å². The lowest BCUT2D eigenvalue weighted by Gasteiger charge is -2.35. The molecule has 1 atom stereocenters. The highest BCUT2D eigenvalue weighted by molar-refractivity contribution is 4.82. The Morgan fingerprint density at radius 1 is 1.25 bits per heavy atom. The molecule has 0 rings (SSSR count). The molecule has 0 amide bonds. The van der Waals surface area contributed by atoms with Crippen molar-refractivity contribution in [3.63, 3.8) is 0 Å². The molecule has 0 bridgehead atoms. The van der Waals surface area contributed by atoms with Gasteiger partial charge in [-0.3, -0.25) is 0 Å². The van der Waals surface area contributed by atoms with Crippen LogP contribution < -0.4 is 5.32 Å². The molecule has 0 heterocycles. The maximum Gasteiger partial charge on any atom is 0.0596 e. The van der Waals surface area contributed by atoms with Gasteiger partial charge in [0.15, 0.2) is 0 Å². The highest BCUT2D eigenvalue weighted by Gasteiger charge is 2.25. The SMILES string of the molecule is CNC(C)C(C)(C)CN(C)CCOC(C)C. The smallest absolute Gasteiger partial charge is 0.0596 e. The average molecular weight is 230 g/mol. The van der Waals surface area contributed by atoms with Gasteiger partial charge in [-0.25, -0.2) is 0 Å². The molecule has 0 aromatic rings. The first-order valence-electron chi connectivity index (χ1n) is 6.27. The number of nitrogens with one attached hydrogen (secondary N) is 1. The normalized spacial score (nSPS) is 14.8. The van der Waals surface area contributed by atoms with E-state index < -0.39 is 0 Å². The lowest BCUT2D eigenvalue weighted by atomic mass is 9.85. The highest BCUT2D eigenvalue weighted by Crippen LogP contribution is 2.21. The summed E-state index contributed by atoms with van der Waals surface area (Å²) in [6.07, 6.45) is 0.331. The van der Waals surface area contributed by atoms with Crippen LogP contribution in [0.1, 0.15) is 34.6 Å². The van der Waals surface area contributed by atoms with Gasteiger partial charge in [-0.2, -0.15) is 0 Å². The standard InChI is InChI=1S/C13H30N2O/c1-11(2)16-9-8-15(7)10-13(4,5)12(3)14-6/h11-12,14H,8-10H2,1-7H3. The van der Waals surface area contributed by atoms with Gasteiger partial charge in [-0.05, 0) is 40.3 Å². The minimum Gasteiger partial charge on any atom is -0.377 e. The number of ether oxygens (including phenoxy) is 1. The highest BCUT2D eigenvalue weighted by atomic mass is 16.5. The van der Waals surface area contributed by atoms with Crippen molar-refractivity contribution < 1.29 is 4.74 Å². The van der Waals surface area contributed by atoms with Gasteiger partial charge in [0, 0.05) is 19.1 Å². The Balaban J connectivity index is 3.89. The van der Waals surface area contributed by atoms with Crippen molar-refractivity contribution in [1.29, 1.82) is 0 Å². The van der Waals surface area contributed by atoms with E-state index in [-0.39, 0.29) is 5.41 Å². The van der Waals surface area contributed by atoms with Crippen molar-refractivity contribution in [2.24, 2.45) is 5.41 Å². The second-order valence-electron chi connectivity index (χ2n) is 5.66. The van der Waals surface area contributed by atoms with Crippen molar-refractivity contribution in [1.82, 2.24) is 10.2 Å². The maximum absolute atomic E-state index is 5.56. The summed E-state index contributed by atoms with van der Waals surface area (Å²) in [4.78, 5) is 2.34. The fourth-order valence-electron chi connectivity index (χ4n) is 1.75. The molecule has 0 aliphatic rings. The van der Waals surface area contributed by atoms with Gasteiger partial charge in [0.2, 0.25) is 0 Å². The molecular weight excluding hydrogens is 200 g/mol. The molecule has 0 fully saturated rings. The quantitative estimate of drug-likeness (QED) is 0.690. The summed E-state index contributed by atoms with van der Waals surface area (Å²) in [7, 11) is 4.18. The predicted molar refractivity (Wildman–Crippen MR) is 70.9 cm³/mol. The third-order valence-corrected chi connectivity index (χ3v) is 3.21. The first-order chi connectivity index (χ1) is 7.29. The van der Waals surface area contributed by atoms with E-state index in [0.717, 1.165) is 19.7 Å². The Bertz CT molecular complexity index is 181. The number of nitrogens with zero attached hydrogens (tertiary/aromatic N) is 1. The molecule has 3 heteroatoms. The van der Waals surface area contributed by atoms with Crippen LogP contribution in [0.15, 0.2) is 0 Å². The van der Waals surface area contributed by atoms with Crippen molar-refractivity contribution in [3.8, 4) is 0 Å². The van der Waals surface area contributed by atoms with Crippen molar-refractivity contribution in [2.75, 3.05) is 33.8 Å². The molecule has 0 aromatic carbocycles. The van der Waals surface area contributed by atoms with Crippen molar-refractivity contribution in [3.05, 3.63) is 0 Å². The van der Waals surface area contributed by atoms with Crippen molar-refractivity contribution in [2.45, 2.75) is 46.8 Å². The zero-order valence-electron chi connectivity index (χ0n) is 12.1. The molecule has 1 N–H and O–H groups in total. The van der Waals surface area contributed by atoms with Crippen LogP contribution in [0.5, 0.6) is 0 Å². The molecule has 0 radical (unpaired) electrons. The molecule has 3 nitrogen and oxygen atoms in total. The van der Waals surface area contributed by atoms with Crippen LogP contribution in [0.4, 0.5) is 0 Å². The van der Waals surface area contributed by atoms with Gasteiger partial charge in [0.1, 0.15) is 0 Å². The minimum absolute atomic E-state index is 0.279. The van der Waals surface area contributed by atoms with E-state index in [1.54, 1.807) is 0 Å². The minimum atomic E-state index is 0.279. The number of hydrogen-bond acceptors (Lipinski definition) is 3. The first-order valence-corrected chi connectivity index (χ1v) is 6.27. The predicted octanol–water partition coefficient (Wildman–Crippen LogP) is 1.98. The average Bonchev–Trinajstić information content (AvgIpc) is 2.14. The Morgan fingerprint density at radius 2 is 1.81 bits per heavy atom. The number of rotatable bonds is 8. The third-order valence-electron chi connectivity index (χ3n) is 3.21. The fraction of sp³-hybridized carbons (Fsp3) is 1.00. The van der Waals surface area contributed by atoms with Crippen molar-refractivity contribution >= 4 is 0 Å². The van der Waals surface area contributed by atoms with Crippen LogP contribution in [0.25, 0.3) is 0 Å². The van der Waals surface area contributed by atoms with Gasteiger partial charge >= 0.3 is 0 Å². The molecule has 0 aromatic heterocycles. The van der Waals surface area contributed by atoms with Crippen LogP contribution in [-0.4, -0.2) is 50.8 Å². The summed E-state index contributed by atoms with van der Waals surface area (Å²) < 4.78 is 5.56.